The third-order valence-electron chi connectivity index (χ3n) is 4.26. The minimum atomic E-state index is 0.0707. The molecule has 0 unspecified atom stereocenters. The van der Waals surface area contributed by atoms with Gasteiger partial charge in [-0.3, -0.25) is 4.79 Å². The second-order valence-corrected chi connectivity index (χ2v) is 5.72. The first kappa shape index (κ1) is 13.9. The summed E-state index contributed by atoms with van der Waals surface area (Å²) in [5.74, 6) is 0.486. The lowest BCUT2D eigenvalue weighted by atomic mass is 9.80. The van der Waals surface area contributed by atoms with Gasteiger partial charge in [-0.25, -0.2) is 0 Å². The Hall–Kier alpha value is -2.09. The van der Waals surface area contributed by atoms with E-state index in [4.69, 9.17) is 0 Å². The molecular formula is C19H21NO. The van der Waals surface area contributed by atoms with Crippen molar-refractivity contribution in [3.63, 3.8) is 0 Å². The fourth-order valence-corrected chi connectivity index (χ4v) is 3.15. The van der Waals surface area contributed by atoms with Crippen molar-refractivity contribution in [3.8, 4) is 0 Å². The summed E-state index contributed by atoms with van der Waals surface area (Å²) in [7, 11) is 0. The van der Waals surface area contributed by atoms with E-state index in [9.17, 15) is 4.79 Å². The van der Waals surface area contributed by atoms with Crippen LogP contribution < -0.4 is 5.32 Å². The number of hydrogen-bond acceptors (Lipinski definition) is 2. The van der Waals surface area contributed by atoms with Gasteiger partial charge in [-0.15, -0.1) is 0 Å². The molecule has 1 aliphatic rings. The summed E-state index contributed by atoms with van der Waals surface area (Å²) < 4.78 is 0. The SMILES string of the molecule is O=C1CCCC[C@H]1[C@H](Nc1ccccc1)c1ccccc1. The molecule has 0 amide bonds. The number of ketones is 1. The average Bonchev–Trinajstić information content (AvgIpc) is 2.55. The maximum atomic E-state index is 12.4. The Morgan fingerprint density at radius 2 is 1.57 bits per heavy atom. The molecule has 0 aliphatic heterocycles. The number of Topliss-reactive ketones (excluding diaryl/α,β-unsaturated/α-hetero) is 1. The predicted octanol–water partition coefficient (Wildman–Crippen LogP) is 4.60. The van der Waals surface area contributed by atoms with Gasteiger partial charge in [-0.05, 0) is 30.5 Å². The van der Waals surface area contributed by atoms with Gasteiger partial charge in [0, 0.05) is 18.0 Å². The van der Waals surface area contributed by atoms with E-state index in [-0.39, 0.29) is 12.0 Å². The molecule has 3 rings (SSSR count). The minimum Gasteiger partial charge on any atom is -0.378 e. The van der Waals surface area contributed by atoms with Crippen LogP contribution in [0.5, 0.6) is 0 Å². The van der Waals surface area contributed by atoms with Gasteiger partial charge in [0.15, 0.2) is 0 Å². The first-order valence-corrected chi connectivity index (χ1v) is 7.74. The van der Waals surface area contributed by atoms with Gasteiger partial charge in [0.05, 0.1) is 6.04 Å². The number of benzene rings is 2. The summed E-state index contributed by atoms with van der Waals surface area (Å²) >= 11 is 0. The normalized spacial score (nSPS) is 20.0. The van der Waals surface area contributed by atoms with Crippen LogP contribution in [0.3, 0.4) is 0 Å². The second kappa shape index (κ2) is 6.57. The fraction of sp³-hybridized carbons (Fsp3) is 0.316. The highest BCUT2D eigenvalue weighted by Gasteiger charge is 2.31. The van der Waals surface area contributed by atoms with Crippen molar-refractivity contribution in [2.45, 2.75) is 31.7 Å². The number of carbonyl (C=O) groups is 1. The smallest absolute Gasteiger partial charge is 0.138 e. The number of para-hydroxylation sites is 1. The van der Waals surface area contributed by atoms with Gasteiger partial charge in [0.25, 0.3) is 0 Å². The second-order valence-electron chi connectivity index (χ2n) is 5.72. The quantitative estimate of drug-likeness (QED) is 0.886. The van der Waals surface area contributed by atoms with Crippen LogP contribution >= 0.6 is 0 Å². The van der Waals surface area contributed by atoms with E-state index in [0.717, 1.165) is 31.4 Å². The molecule has 2 nitrogen and oxygen atoms in total. The average molecular weight is 279 g/mol. The van der Waals surface area contributed by atoms with Gasteiger partial charge < -0.3 is 5.32 Å². The van der Waals surface area contributed by atoms with E-state index in [1.165, 1.54) is 5.56 Å². The van der Waals surface area contributed by atoms with Gasteiger partial charge in [0.1, 0.15) is 5.78 Å². The van der Waals surface area contributed by atoms with Crippen LogP contribution in [0.25, 0.3) is 0 Å². The minimum absolute atomic E-state index is 0.0707. The maximum absolute atomic E-state index is 12.4. The van der Waals surface area contributed by atoms with Crippen LogP contribution in [0.15, 0.2) is 60.7 Å². The molecule has 0 bridgehead atoms. The van der Waals surface area contributed by atoms with Crippen molar-refractivity contribution in [1.82, 2.24) is 0 Å². The Labute approximate surface area is 126 Å². The summed E-state index contributed by atoms with van der Waals surface area (Å²) in [4.78, 5) is 12.4. The summed E-state index contributed by atoms with van der Waals surface area (Å²) in [6, 6.07) is 20.6. The van der Waals surface area contributed by atoms with Gasteiger partial charge in [0.2, 0.25) is 0 Å². The van der Waals surface area contributed by atoms with Crippen molar-refractivity contribution < 1.29 is 4.79 Å². The molecule has 0 aromatic heterocycles. The molecular weight excluding hydrogens is 258 g/mol. The number of rotatable bonds is 4. The highest BCUT2D eigenvalue weighted by atomic mass is 16.1. The Kier molecular flexibility index (Phi) is 4.34. The van der Waals surface area contributed by atoms with E-state index in [1.807, 2.05) is 36.4 Å². The number of hydrogen-bond donors (Lipinski definition) is 1. The monoisotopic (exact) mass is 279 g/mol. The molecule has 0 heterocycles. The third-order valence-corrected chi connectivity index (χ3v) is 4.26. The molecule has 21 heavy (non-hydrogen) atoms. The standard InChI is InChI=1S/C19H21NO/c21-18-14-8-7-13-17(18)19(15-9-3-1-4-10-15)20-16-11-5-2-6-12-16/h1-6,9-12,17,19-20H,7-8,13-14H2/t17-,19-/m1/s1. The zero-order valence-corrected chi connectivity index (χ0v) is 12.2. The summed E-state index contributed by atoms with van der Waals surface area (Å²) in [6.45, 7) is 0. The first-order valence-electron chi connectivity index (χ1n) is 7.74. The van der Waals surface area contributed by atoms with E-state index in [0.29, 0.717) is 5.78 Å². The topological polar surface area (TPSA) is 29.1 Å². The molecule has 0 saturated heterocycles. The van der Waals surface area contributed by atoms with Crippen molar-refractivity contribution in [2.75, 3.05) is 5.32 Å². The summed E-state index contributed by atoms with van der Waals surface area (Å²) in [6.07, 6.45) is 3.90. The highest BCUT2D eigenvalue weighted by molar-refractivity contribution is 5.83. The Balaban J connectivity index is 1.89. The van der Waals surface area contributed by atoms with Crippen LogP contribution in [-0.2, 0) is 4.79 Å². The Morgan fingerprint density at radius 1 is 0.905 bits per heavy atom. The molecule has 1 N–H and O–H groups in total. The molecule has 1 fully saturated rings. The molecule has 1 saturated carbocycles. The summed E-state index contributed by atoms with van der Waals surface area (Å²) in [5.41, 5.74) is 2.27. The van der Waals surface area contributed by atoms with Crippen LogP contribution in [-0.4, -0.2) is 5.78 Å². The lowest BCUT2D eigenvalue weighted by Gasteiger charge is -2.31. The molecule has 2 aromatic carbocycles. The number of carbonyl (C=O) groups excluding carboxylic acids is 1. The van der Waals surface area contributed by atoms with Crippen molar-refractivity contribution in [1.29, 1.82) is 0 Å². The highest BCUT2D eigenvalue weighted by Crippen LogP contribution is 2.34. The largest absolute Gasteiger partial charge is 0.378 e. The number of nitrogens with one attached hydrogen (secondary N) is 1. The predicted molar refractivity (Wildman–Crippen MR) is 86.2 cm³/mol. The molecule has 1 aliphatic carbocycles. The zero-order valence-electron chi connectivity index (χ0n) is 12.2. The van der Waals surface area contributed by atoms with E-state index < -0.39 is 0 Å². The molecule has 108 valence electrons. The van der Waals surface area contributed by atoms with Crippen LogP contribution in [0, 0.1) is 5.92 Å². The maximum Gasteiger partial charge on any atom is 0.138 e. The van der Waals surface area contributed by atoms with Gasteiger partial charge in [-0.1, -0.05) is 55.0 Å². The molecule has 2 aromatic rings. The fourth-order valence-electron chi connectivity index (χ4n) is 3.15. The Morgan fingerprint density at radius 3 is 2.24 bits per heavy atom. The molecule has 2 heteroatoms. The van der Waals surface area contributed by atoms with Crippen LogP contribution in [0.4, 0.5) is 5.69 Å². The molecule has 2 atom stereocenters. The summed E-state index contributed by atoms with van der Waals surface area (Å²) in [5, 5.41) is 3.57. The Bertz CT molecular complexity index is 579. The van der Waals surface area contributed by atoms with E-state index in [1.54, 1.807) is 0 Å². The van der Waals surface area contributed by atoms with Crippen molar-refractivity contribution in [2.24, 2.45) is 5.92 Å². The van der Waals surface area contributed by atoms with Crippen LogP contribution in [0.2, 0.25) is 0 Å². The van der Waals surface area contributed by atoms with E-state index >= 15 is 0 Å². The lowest BCUT2D eigenvalue weighted by Crippen LogP contribution is -2.30. The molecule has 0 spiro atoms. The van der Waals surface area contributed by atoms with Crippen molar-refractivity contribution in [3.05, 3.63) is 66.2 Å². The van der Waals surface area contributed by atoms with E-state index in [2.05, 4.69) is 29.6 Å². The van der Waals surface area contributed by atoms with Crippen LogP contribution in [0.1, 0.15) is 37.3 Å². The lowest BCUT2D eigenvalue weighted by molar-refractivity contribution is -0.125. The third kappa shape index (κ3) is 3.33. The zero-order chi connectivity index (χ0) is 14.5. The molecule has 0 radical (unpaired) electrons. The van der Waals surface area contributed by atoms with Gasteiger partial charge >= 0.3 is 0 Å². The van der Waals surface area contributed by atoms with Gasteiger partial charge in [-0.2, -0.15) is 0 Å². The van der Waals surface area contributed by atoms with Crippen molar-refractivity contribution >= 4 is 11.5 Å². The first-order chi connectivity index (χ1) is 10.3. The number of anilines is 1.